The number of hydrogen-bond acceptors (Lipinski definition) is 3. The number of nitrogens with one attached hydrogen (secondary N) is 1. The number of thiophene rings is 1. The van der Waals surface area contributed by atoms with E-state index < -0.39 is 12.0 Å². The second-order valence-corrected chi connectivity index (χ2v) is 5.56. The molecule has 1 amide bonds. The molecule has 4 nitrogen and oxygen atoms in total. The van der Waals surface area contributed by atoms with Gasteiger partial charge in [0.2, 0.25) is 0 Å². The predicted octanol–water partition coefficient (Wildman–Crippen LogP) is 3.27. The molecule has 0 aliphatic rings. The van der Waals surface area contributed by atoms with Crippen molar-refractivity contribution in [1.82, 2.24) is 5.32 Å². The van der Waals surface area contributed by atoms with Crippen molar-refractivity contribution < 1.29 is 14.7 Å². The molecule has 0 spiro atoms. The topological polar surface area (TPSA) is 66.4 Å². The lowest BCUT2D eigenvalue weighted by molar-refractivity contribution is -0.139. The van der Waals surface area contributed by atoms with E-state index in [9.17, 15) is 9.59 Å². The molecule has 0 saturated heterocycles. The molecule has 2 rings (SSSR count). The van der Waals surface area contributed by atoms with E-state index in [1.54, 1.807) is 5.38 Å². The Labute approximate surface area is 121 Å². The van der Waals surface area contributed by atoms with Gasteiger partial charge < -0.3 is 10.4 Å². The Bertz CT molecular complexity index is 620. The van der Waals surface area contributed by atoms with Gasteiger partial charge in [0.1, 0.15) is 6.04 Å². The zero-order chi connectivity index (χ0) is 14.5. The normalized spacial score (nSPS) is 12.2. The highest BCUT2D eigenvalue weighted by atomic mass is 32.1. The Morgan fingerprint density at radius 2 is 2.10 bits per heavy atom. The summed E-state index contributed by atoms with van der Waals surface area (Å²) in [5, 5.41) is 14.4. The number of rotatable bonds is 6. The summed E-state index contributed by atoms with van der Waals surface area (Å²) in [7, 11) is 0. The van der Waals surface area contributed by atoms with Gasteiger partial charge in [-0.05, 0) is 12.5 Å². The van der Waals surface area contributed by atoms with Crippen LogP contribution >= 0.6 is 11.3 Å². The van der Waals surface area contributed by atoms with Crippen LogP contribution in [0.2, 0.25) is 0 Å². The summed E-state index contributed by atoms with van der Waals surface area (Å²) < 4.78 is 1.03. The molecule has 20 heavy (non-hydrogen) atoms. The number of benzene rings is 1. The van der Waals surface area contributed by atoms with Gasteiger partial charge in [0.05, 0.1) is 5.56 Å². The summed E-state index contributed by atoms with van der Waals surface area (Å²) in [5.41, 5.74) is 0.549. The maximum absolute atomic E-state index is 12.2. The van der Waals surface area contributed by atoms with Gasteiger partial charge in [-0.15, -0.1) is 11.3 Å². The summed E-state index contributed by atoms with van der Waals surface area (Å²) in [4.78, 5) is 23.4. The molecule has 0 saturated carbocycles. The molecule has 1 heterocycles. The molecule has 1 aromatic heterocycles. The van der Waals surface area contributed by atoms with Crippen molar-refractivity contribution in [1.29, 1.82) is 0 Å². The summed E-state index contributed by atoms with van der Waals surface area (Å²) in [6, 6.07) is 6.80. The second kappa shape index (κ2) is 6.52. The molecule has 0 radical (unpaired) electrons. The quantitative estimate of drug-likeness (QED) is 0.858. The SMILES string of the molecule is CCCCC(NC(=O)c1csc2ccccc12)C(=O)O. The first-order valence-electron chi connectivity index (χ1n) is 6.63. The molecule has 2 aromatic rings. The van der Waals surface area contributed by atoms with E-state index in [0.717, 1.165) is 22.9 Å². The fourth-order valence-corrected chi connectivity index (χ4v) is 3.00. The Balaban J connectivity index is 2.16. The summed E-state index contributed by atoms with van der Waals surface area (Å²) in [5.74, 6) is -1.29. The summed E-state index contributed by atoms with van der Waals surface area (Å²) in [6.07, 6.45) is 2.14. The number of carboxylic acids is 1. The fourth-order valence-electron chi connectivity index (χ4n) is 2.06. The second-order valence-electron chi connectivity index (χ2n) is 4.65. The van der Waals surface area contributed by atoms with E-state index in [1.165, 1.54) is 11.3 Å². The third-order valence-corrected chi connectivity index (χ3v) is 4.14. The molecule has 1 unspecified atom stereocenters. The minimum absolute atomic E-state index is 0.314. The van der Waals surface area contributed by atoms with Crippen molar-refractivity contribution in [3.8, 4) is 0 Å². The highest BCUT2D eigenvalue weighted by molar-refractivity contribution is 7.17. The van der Waals surface area contributed by atoms with Crippen LogP contribution < -0.4 is 5.32 Å². The molecular weight excluding hydrogens is 274 g/mol. The lowest BCUT2D eigenvalue weighted by atomic mass is 10.1. The number of carbonyl (C=O) groups is 2. The van der Waals surface area contributed by atoms with E-state index in [0.29, 0.717) is 12.0 Å². The first-order chi connectivity index (χ1) is 9.63. The van der Waals surface area contributed by atoms with Crippen LogP contribution in [0.5, 0.6) is 0 Å². The van der Waals surface area contributed by atoms with Crippen LogP contribution in [0.15, 0.2) is 29.6 Å². The van der Waals surface area contributed by atoms with Gasteiger partial charge in [-0.1, -0.05) is 38.0 Å². The van der Waals surface area contributed by atoms with Crippen LogP contribution in [0.3, 0.4) is 0 Å². The van der Waals surface area contributed by atoms with Gasteiger partial charge in [0.15, 0.2) is 0 Å². The number of unbranched alkanes of at least 4 members (excludes halogenated alkanes) is 1. The van der Waals surface area contributed by atoms with Crippen molar-refractivity contribution in [2.75, 3.05) is 0 Å². The van der Waals surface area contributed by atoms with E-state index in [4.69, 9.17) is 5.11 Å². The van der Waals surface area contributed by atoms with Crippen LogP contribution in [-0.2, 0) is 4.79 Å². The van der Waals surface area contributed by atoms with Gasteiger partial charge in [0, 0.05) is 15.5 Å². The highest BCUT2D eigenvalue weighted by Gasteiger charge is 2.21. The Hall–Kier alpha value is -1.88. The Kier molecular flexibility index (Phi) is 4.74. The van der Waals surface area contributed by atoms with Gasteiger partial charge in [-0.25, -0.2) is 4.79 Å². The van der Waals surface area contributed by atoms with Gasteiger partial charge in [-0.2, -0.15) is 0 Å². The standard InChI is InChI=1S/C15H17NO3S/c1-2-3-7-12(15(18)19)16-14(17)11-9-20-13-8-5-4-6-10(11)13/h4-6,8-9,12H,2-3,7H2,1H3,(H,16,17)(H,18,19). The summed E-state index contributed by atoms with van der Waals surface area (Å²) in [6.45, 7) is 1.99. The molecule has 0 aliphatic heterocycles. The molecule has 106 valence electrons. The molecule has 5 heteroatoms. The van der Waals surface area contributed by atoms with Gasteiger partial charge >= 0.3 is 5.97 Å². The van der Waals surface area contributed by atoms with Crippen LogP contribution in [-0.4, -0.2) is 23.0 Å². The summed E-state index contributed by atoms with van der Waals surface area (Å²) >= 11 is 1.49. The van der Waals surface area contributed by atoms with Crippen LogP contribution in [0, 0.1) is 0 Å². The van der Waals surface area contributed by atoms with Crippen molar-refractivity contribution in [3.05, 3.63) is 35.2 Å². The van der Waals surface area contributed by atoms with E-state index >= 15 is 0 Å². The largest absolute Gasteiger partial charge is 0.480 e. The number of amides is 1. The number of hydrogen-bond donors (Lipinski definition) is 2. The maximum atomic E-state index is 12.2. The van der Waals surface area contributed by atoms with Crippen molar-refractivity contribution in [3.63, 3.8) is 0 Å². The first kappa shape index (κ1) is 14.5. The zero-order valence-electron chi connectivity index (χ0n) is 11.3. The molecule has 0 aliphatic carbocycles. The Morgan fingerprint density at radius 3 is 2.80 bits per heavy atom. The number of carboxylic acid groups (broad SMARTS) is 1. The lowest BCUT2D eigenvalue weighted by Gasteiger charge is -2.13. The van der Waals surface area contributed by atoms with Crippen molar-refractivity contribution in [2.24, 2.45) is 0 Å². The number of aliphatic carboxylic acids is 1. The van der Waals surface area contributed by atoms with Gasteiger partial charge in [-0.3, -0.25) is 4.79 Å². The highest BCUT2D eigenvalue weighted by Crippen LogP contribution is 2.25. The molecule has 0 fully saturated rings. The van der Waals surface area contributed by atoms with Crippen molar-refractivity contribution in [2.45, 2.75) is 32.2 Å². The minimum atomic E-state index is -0.980. The lowest BCUT2D eigenvalue weighted by Crippen LogP contribution is -2.40. The molecule has 2 N–H and O–H groups in total. The average Bonchev–Trinajstić information content (AvgIpc) is 2.87. The van der Waals surface area contributed by atoms with E-state index in [1.807, 2.05) is 31.2 Å². The minimum Gasteiger partial charge on any atom is -0.480 e. The van der Waals surface area contributed by atoms with Crippen LogP contribution in [0.4, 0.5) is 0 Å². The first-order valence-corrected chi connectivity index (χ1v) is 7.51. The Morgan fingerprint density at radius 1 is 1.35 bits per heavy atom. The van der Waals surface area contributed by atoms with Crippen LogP contribution in [0.25, 0.3) is 10.1 Å². The van der Waals surface area contributed by atoms with Crippen molar-refractivity contribution >= 4 is 33.3 Å². The van der Waals surface area contributed by atoms with Gasteiger partial charge in [0.25, 0.3) is 5.91 Å². The molecule has 0 bridgehead atoms. The van der Waals surface area contributed by atoms with E-state index in [2.05, 4.69) is 5.32 Å². The number of carbonyl (C=O) groups excluding carboxylic acids is 1. The fraction of sp³-hybridized carbons (Fsp3) is 0.333. The predicted molar refractivity (Wildman–Crippen MR) is 80.2 cm³/mol. The smallest absolute Gasteiger partial charge is 0.326 e. The number of fused-ring (bicyclic) bond motifs is 1. The third-order valence-electron chi connectivity index (χ3n) is 3.18. The monoisotopic (exact) mass is 291 g/mol. The molecular formula is C15H17NO3S. The maximum Gasteiger partial charge on any atom is 0.326 e. The average molecular weight is 291 g/mol. The third kappa shape index (κ3) is 3.17. The van der Waals surface area contributed by atoms with Crippen LogP contribution in [0.1, 0.15) is 36.5 Å². The van der Waals surface area contributed by atoms with E-state index in [-0.39, 0.29) is 5.91 Å². The molecule has 1 atom stereocenters. The zero-order valence-corrected chi connectivity index (χ0v) is 12.1. The molecule has 1 aromatic carbocycles.